The number of sulfonamides is 1. The Bertz CT molecular complexity index is 847. The summed E-state index contributed by atoms with van der Waals surface area (Å²) < 4.78 is 64.4. The molecule has 1 heterocycles. The zero-order valence-corrected chi connectivity index (χ0v) is 17.6. The summed E-state index contributed by atoms with van der Waals surface area (Å²) in [5.41, 5.74) is -0.929. The van der Waals surface area contributed by atoms with E-state index < -0.39 is 27.8 Å². The molecule has 1 fully saturated rings. The molecule has 0 spiro atoms. The van der Waals surface area contributed by atoms with Gasteiger partial charge in [-0.2, -0.15) is 17.5 Å². The number of amides is 3. The van der Waals surface area contributed by atoms with Crippen LogP contribution in [0.15, 0.2) is 29.2 Å². The van der Waals surface area contributed by atoms with Crippen molar-refractivity contribution in [2.45, 2.75) is 24.9 Å². The maximum atomic E-state index is 12.7. The maximum absolute atomic E-state index is 12.7. The van der Waals surface area contributed by atoms with Crippen LogP contribution in [0, 0.1) is 0 Å². The number of alkyl halides is 3. The Kier molecular flexibility index (Phi) is 7.70. The predicted molar refractivity (Wildman–Crippen MR) is 103 cm³/mol. The zero-order valence-electron chi connectivity index (χ0n) is 16.8. The second-order valence-corrected chi connectivity index (χ2v) is 8.58. The fraction of sp³-hybridized carbons (Fsp3) is 0.556. The van der Waals surface area contributed by atoms with Gasteiger partial charge in [0.2, 0.25) is 15.9 Å². The van der Waals surface area contributed by atoms with Crippen molar-refractivity contribution in [1.82, 2.24) is 19.4 Å². The first-order valence-electron chi connectivity index (χ1n) is 9.48. The molecule has 1 aliphatic rings. The molecule has 12 heteroatoms. The molecule has 1 aliphatic heterocycles. The van der Waals surface area contributed by atoms with Crippen molar-refractivity contribution in [3.8, 4) is 0 Å². The molecule has 3 amide bonds. The Morgan fingerprint density at radius 1 is 1.03 bits per heavy atom. The third-order valence-corrected chi connectivity index (χ3v) is 6.77. The van der Waals surface area contributed by atoms with Crippen LogP contribution in [0.2, 0.25) is 0 Å². The fourth-order valence-electron chi connectivity index (χ4n) is 3.05. The Labute approximate surface area is 173 Å². The monoisotopic (exact) mass is 450 g/mol. The number of nitrogens with zero attached hydrogens (tertiary/aromatic N) is 3. The van der Waals surface area contributed by atoms with Crippen LogP contribution in [0.4, 0.5) is 18.0 Å². The summed E-state index contributed by atoms with van der Waals surface area (Å²) in [4.78, 5) is 26.9. The quantitative estimate of drug-likeness (QED) is 0.713. The molecule has 1 saturated heterocycles. The van der Waals surface area contributed by atoms with Crippen LogP contribution >= 0.6 is 0 Å². The van der Waals surface area contributed by atoms with Gasteiger partial charge in [-0.25, -0.2) is 13.2 Å². The van der Waals surface area contributed by atoms with Crippen LogP contribution in [-0.2, 0) is 21.0 Å². The lowest BCUT2D eigenvalue weighted by Gasteiger charge is -2.34. The third kappa shape index (κ3) is 5.63. The third-order valence-electron chi connectivity index (χ3n) is 4.85. The second kappa shape index (κ2) is 9.65. The number of carbonyl (C=O) groups is 2. The lowest BCUT2D eigenvalue weighted by molar-refractivity contribution is -0.137. The zero-order chi connectivity index (χ0) is 22.5. The molecule has 1 aromatic rings. The number of halogens is 3. The molecular formula is C18H25F3N4O4S. The summed E-state index contributed by atoms with van der Waals surface area (Å²) in [5, 5.41) is 2.53. The smallest absolute Gasteiger partial charge is 0.342 e. The fourth-order valence-corrected chi connectivity index (χ4v) is 4.47. The number of rotatable bonds is 6. The van der Waals surface area contributed by atoms with Gasteiger partial charge in [-0.1, -0.05) is 0 Å². The van der Waals surface area contributed by atoms with Crippen LogP contribution in [0.5, 0.6) is 0 Å². The highest BCUT2D eigenvalue weighted by Gasteiger charge is 2.33. The highest BCUT2D eigenvalue weighted by atomic mass is 32.2. The van der Waals surface area contributed by atoms with E-state index in [0.29, 0.717) is 13.1 Å². The number of hydrogen-bond acceptors (Lipinski definition) is 4. The molecule has 0 aromatic heterocycles. The summed E-state index contributed by atoms with van der Waals surface area (Å²) in [5.74, 6) is -0.211. The van der Waals surface area contributed by atoms with Crippen LogP contribution < -0.4 is 5.32 Å². The minimum atomic E-state index is -4.55. The molecule has 0 radical (unpaired) electrons. The van der Waals surface area contributed by atoms with Gasteiger partial charge in [0.15, 0.2) is 0 Å². The lowest BCUT2D eigenvalue weighted by Crippen LogP contribution is -2.54. The average molecular weight is 450 g/mol. The van der Waals surface area contributed by atoms with Crippen LogP contribution in [0.3, 0.4) is 0 Å². The van der Waals surface area contributed by atoms with Gasteiger partial charge in [0.05, 0.1) is 17.0 Å². The Hall–Kier alpha value is -2.34. The summed E-state index contributed by atoms with van der Waals surface area (Å²) in [6.07, 6.45) is -4.55. The number of carbonyl (C=O) groups excluding carboxylic acids is 2. The minimum Gasteiger partial charge on any atom is -0.342 e. The van der Waals surface area contributed by atoms with Gasteiger partial charge in [0, 0.05) is 39.3 Å². The summed E-state index contributed by atoms with van der Waals surface area (Å²) in [7, 11) is -3.97. The lowest BCUT2D eigenvalue weighted by atomic mass is 10.2. The molecule has 8 nitrogen and oxygen atoms in total. The van der Waals surface area contributed by atoms with E-state index >= 15 is 0 Å². The first-order valence-corrected chi connectivity index (χ1v) is 10.9. The van der Waals surface area contributed by atoms with Crippen molar-refractivity contribution in [3.05, 3.63) is 29.8 Å². The largest absolute Gasteiger partial charge is 0.416 e. The van der Waals surface area contributed by atoms with Gasteiger partial charge in [0.25, 0.3) is 0 Å². The molecule has 168 valence electrons. The van der Waals surface area contributed by atoms with E-state index in [0.717, 1.165) is 28.6 Å². The summed E-state index contributed by atoms with van der Waals surface area (Å²) >= 11 is 0. The van der Waals surface area contributed by atoms with Gasteiger partial charge in [0.1, 0.15) is 0 Å². The highest BCUT2D eigenvalue weighted by molar-refractivity contribution is 7.89. The van der Waals surface area contributed by atoms with Crippen molar-refractivity contribution in [3.63, 3.8) is 0 Å². The van der Waals surface area contributed by atoms with Crippen molar-refractivity contribution >= 4 is 22.0 Å². The number of nitrogens with one attached hydrogen (secondary N) is 1. The van der Waals surface area contributed by atoms with E-state index in [1.165, 1.54) is 4.90 Å². The normalized spacial score (nSPS) is 15.7. The Balaban J connectivity index is 1.93. The van der Waals surface area contributed by atoms with Gasteiger partial charge in [-0.3, -0.25) is 4.79 Å². The van der Waals surface area contributed by atoms with E-state index in [2.05, 4.69) is 5.32 Å². The number of urea groups is 1. The molecule has 30 heavy (non-hydrogen) atoms. The van der Waals surface area contributed by atoms with E-state index in [1.807, 2.05) is 13.8 Å². The maximum Gasteiger partial charge on any atom is 0.416 e. The van der Waals surface area contributed by atoms with E-state index in [9.17, 15) is 31.2 Å². The molecule has 1 aromatic carbocycles. The SMILES string of the molecule is CCN(CC)C(=O)CNC(=O)N1CCN(S(=O)(=O)c2ccc(C(F)(F)F)cc2)CC1. The topological polar surface area (TPSA) is 90.0 Å². The Morgan fingerprint density at radius 3 is 2.03 bits per heavy atom. The van der Waals surface area contributed by atoms with Gasteiger partial charge < -0.3 is 15.1 Å². The molecule has 0 saturated carbocycles. The first kappa shape index (κ1) is 23.9. The molecule has 0 bridgehead atoms. The highest BCUT2D eigenvalue weighted by Crippen LogP contribution is 2.30. The molecule has 0 unspecified atom stereocenters. The Morgan fingerprint density at radius 2 is 1.57 bits per heavy atom. The molecular weight excluding hydrogens is 425 g/mol. The van der Waals surface area contributed by atoms with Crippen LogP contribution in [-0.4, -0.2) is 80.3 Å². The van der Waals surface area contributed by atoms with E-state index in [-0.39, 0.29) is 43.5 Å². The average Bonchev–Trinajstić information content (AvgIpc) is 2.72. The molecule has 1 N–H and O–H groups in total. The standard InChI is InChI=1S/C18H25F3N4O4S/c1-3-23(4-2)16(26)13-22-17(27)24-9-11-25(12-10-24)30(28,29)15-7-5-14(6-8-15)18(19,20)21/h5-8H,3-4,9-13H2,1-2H3,(H,22,27). The second-order valence-electron chi connectivity index (χ2n) is 6.64. The number of hydrogen-bond donors (Lipinski definition) is 1. The van der Waals surface area contributed by atoms with Gasteiger partial charge in [-0.15, -0.1) is 0 Å². The predicted octanol–water partition coefficient (Wildman–Crippen LogP) is 1.59. The molecule has 0 aliphatic carbocycles. The number of piperazine rings is 1. The van der Waals surface area contributed by atoms with Gasteiger partial charge in [-0.05, 0) is 38.1 Å². The van der Waals surface area contributed by atoms with E-state index in [4.69, 9.17) is 0 Å². The van der Waals surface area contributed by atoms with Crippen LogP contribution in [0.1, 0.15) is 19.4 Å². The van der Waals surface area contributed by atoms with Crippen LogP contribution in [0.25, 0.3) is 0 Å². The summed E-state index contributed by atoms with van der Waals surface area (Å²) in [6.45, 7) is 4.79. The summed E-state index contributed by atoms with van der Waals surface area (Å²) in [6, 6.07) is 2.83. The molecule has 2 rings (SSSR count). The minimum absolute atomic E-state index is 0.000761. The number of benzene rings is 1. The molecule has 0 atom stereocenters. The van der Waals surface area contributed by atoms with Crippen molar-refractivity contribution in [1.29, 1.82) is 0 Å². The first-order chi connectivity index (χ1) is 14.0. The van der Waals surface area contributed by atoms with Crippen molar-refractivity contribution in [2.24, 2.45) is 0 Å². The van der Waals surface area contributed by atoms with Crippen molar-refractivity contribution < 1.29 is 31.2 Å². The van der Waals surface area contributed by atoms with Crippen molar-refractivity contribution in [2.75, 3.05) is 45.8 Å². The number of likely N-dealkylation sites (N-methyl/N-ethyl adjacent to an activating group) is 1. The van der Waals surface area contributed by atoms with E-state index in [1.54, 1.807) is 4.90 Å². The van der Waals surface area contributed by atoms with Gasteiger partial charge >= 0.3 is 12.2 Å².